The first-order chi connectivity index (χ1) is 14.2. The first-order valence-corrected chi connectivity index (χ1v) is 11.4. The summed E-state index contributed by atoms with van der Waals surface area (Å²) in [5.41, 5.74) is 0.525. The highest BCUT2D eigenvalue weighted by atomic mass is 32.2. The van der Waals surface area contributed by atoms with Crippen LogP contribution < -0.4 is 16.0 Å². The molecule has 2 atom stereocenters. The van der Waals surface area contributed by atoms with Crippen molar-refractivity contribution in [1.82, 2.24) is 20.9 Å². The molecule has 0 spiro atoms. The molecule has 9 nitrogen and oxygen atoms in total. The maximum absolute atomic E-state index is 13.8. The third-order valence-electron chi connectivity index (χ3n) is 5.24. The lowest BCUT2D eigenvalue weighted by atomic mass is 10.1. The van der Waals surface area contributed by atoms with E-state index in [1.165, 1.54) is 18.2 Å². The Hall–Kier alpha value is -2.95. The standard InChI is InChI=1S/C19H21FN4O5S/c20-12-2-1-3-13-11(12)6-14(22-13)19(27)24-16-9-30(28,29)8-15(16)23-17(25)7-21-18(26)10-4-5-10/h1-3,6,10,15-16,22H,4-5,7-9H2,(H,21,26)(H,23,25)(H,24,27). The number of aromatic nitrogens is 1. The number of rotatable bonds is 6. The molecule has 160 valence electrons. The minimum Gasteiger partial charge on any atom is -0.350 e. The molecule has 1 aromatic carbocycles. The molecule has 4 N–H and O–H groups in total. The van der Waals surface area contributed by atoms with Crippen LogP contribution in [0.5, 0.6) is 0 Å². The maximum atomic E-state index is 13.8. The monoisotopic (exact) mass is 436 g/mol. The number of amides is 3. The number of halogens is 1. The summed E-state index contributed by atoms with van der Waals surface area (Å²) in [5, 5.41) is 7.94. The molecule has 30 heavy (non-hydrogen) atoms. The molecule has 2 unspecified atom stereocenters. The van der Waals surface area contributed by atoms with Crippen LogP contribution in [0, 0.1) is 11.7 Å². The van der Waals surface area contributed by atoms with Crippen molar-refractivity contribution >= 4 is 38.5 Å². The van der Waals surface area contributed by atoms with Crippen LogP contribution in [0.1, 0.15) is 23.3 Å². The van der Waals surface area contributed by atoms with E-state index in [0.29, 0.717) is 5.52 Å². The molecule has 0 bridgehead atoms. The van der Waals surface area contributed by atoms with Crippen molar-refractivity contribution in [3.63, 3.8) is 0 Å². The second kappa shape index (κ2) is 7.71. The highest BCUT2D eigenvalue weighted by Crippen LogP contribution is 2.28. The Morgan fingerprint density at radius 1 is 1.10 bits per heavy atom. The Morgan fingerprint density at radius 3 is 2.47 bits per heavy atom. The smallest absolute Gasteiger partial charge is 0.268 e. The Bertz CT molecular complexity index is 1130. The van der Waals surface area contributed by atoms with E-state index in [0.717, 1.165) is 12.8 Å². The van der Waals surface area contributed by atoms with Crippen molar-refractivity contribution in [3.8, 4) is 0 Å². The minimum atomic E-state index is -3.47. The number of nitrogens with one attached hydrogen (secondary N) is 4. The van der Waals surface area contributed by atoms with E-state index in [2.05, 4.69) is 20.9 Å². The van der Waals surface area contributed by atoms with Crippen molar-refractivity contribution in [1.29, 1.82) is 0 Å². The summed E-state index contributed by atoms with van der Waals surface area (Å²) in [6, 6.07) is 4.08. The fourth-order valence-electron chi connectivity index (χ4n) is 3.53. The van der Waals surface area contributed by atoms with Gasteiger partial charge >= 0.3 is 0 Å². The molecule has 2 aromatic rings. The van der Waals surface area contributed by atoms with Gasteiger partial charge in [0.15, 0.2) is 9.84 Å². The van der Waals surface area contributed by atoms with Crippen LogP contribution >= 0.6 is 0 Å². The van der Waals surface area contributed by atoms with Gasteiger partial charge in [-0.3, -0.25) is 14.4 Å². The molecule has 0 radical (unpaired) electrons. The fraction of sp³-hybridized carbons (Fsp3) is 0.421. The van der Waals surface area contributed by atoms with Gasteiger partial charge in [-0.15, -0.1) is 0 Å². The van der Waals surface area contributed by atoms with E-state index in [1.54, 1.807) is 6.07 Å². The van der Waals surface area contributed by atoms with Gasteiger partial charge in [-0.25, -0.2) is 12.8 Å². The second-order valence-electron chi connectivity index (χ2n) is 7.71. The molecule has 11 heteroatoms. The SMILES string of the molecule is O=C(CNC(=O)C1CC1)NC1CS(=O)(=O)CC1NC(=O)c1cc2c(F)cccc2[nH]1. The van der Waals surface area contributed by atoms with Crippen molar-refractivity contribution in [2.75, 3.05) is 18.1 Å². The van der Waals surface area contributed by atoms with Gasteiger partial charge < -0.3 is 20.9 Å². The quantitative estimate of drug-likeness (QED) is 0.499. The van der Waals surface area contributed by atoms with Crippen molar-refractivity contribution in [2.24, 2.45) is 5.92 Å². The molecular weight excluding hydrogens is 415 g/mol. The molecule has 1 aromatic heterocycles. The van der Waals surface area contributed by atoms with E-state index in [9.17, 15) is 27.2 Å². The zero-order valence-corrected chi connectivity index (χ0v) is 16.7. The van der Waals surface area contributed by atoms with Gasteiger partial charge in [0.2, 0.25) is 11.8 Å². The largest absolute Gasteiger partial charge is 0.350 e. The molecular formula is C19H21FN4O5S. The second-order valence-corrected chi connectivity index (χ2v) is 9.86. The molecule has 2 fully saturated rings. The number of hydrogen-bond acceptors (Lipinski definition) is 5. The predicted octanol–water partition coefficient (Wildman–Crippen LogP) is -0.155. The van der Waals surface area contributed by atoms with Gasteiger partial charge in [0, 0.05) is 16.8 Å². The molecule has 4 rings (SSSR count). The van der Waals surface area contributed by atoms with Crippen LogP contribution in [0.2, 0.25) is 0 Å². The van der Waals surface area contributed by atoms with Crippen LogP contribution in [-0.2, 0) is 19.4 Å². The minimum absolute atomic E-state index is 0.0437. The Labute approximate surface area is 171 Å². The van der Waals surface area contributed by atoms with E-state index >= 15 is 0 Å². The highest BCUT2D eigenvalue weighted by molar-refractivity contribution is 7.91. The Balaban J connectivity index is 1.41. The Kier molecular flexibility index (Phi) is 5.22. The molecule has 3 amide bonds. The number of hydrogen-bond donors (Lipinski definition) is 4. The van der Waals surface area contributed by atoms with E-state index in [4.69, 9.17) is 0 Å². The van der Waals surface area contributed by atoms with Gasteiger partial charge in [0.25, 0.3) is 5.91 Å². The summed E-state index contributed by atoms with van der Waals surface area (Å²) in [7, 11) is -3.47. The number of carbonyl (C=O) groups is 3. The van der Waals surface area contributed by atoms with E-state index < -0.39 is 39.6 Å². The molecule has 2 aliphatic rings. The maximum Gasteiger partial charge on any atom is 0.268 e. The molecule has 1 saturated heterocycles. The number of aromatic amines is 1. The van der Waals surface area contributed by atoms with Crippen LogP contribution in [0.3, 0.4) is 0 Å². The number of sulfone groups is 1. The molecule has 1 aliphatic heterocycles. The van der Waals surface area contributed by atoms with E-state index in [-0.39, 0.29) is 41.0 Å². The van der Waals surface area contributed by atoms with E-state index in [1.807, 2.05) is 0 Å². The molecule has 1 aliphatic carbocycles. The average Bonchev–Trinajstić information content (AvgIpc) is 3.36. The van der Waals surface area contributed by atoms with Crippen LogP contribution in [0.4, 0.5) is 4.39 Å². The highest BCUT2D eigenvalue weighted by Gasteiger charge is 2.40. The van der Waals surface area contributed by atoms with Gasteiger partial charge in [-0.1, -0.05) is 6.07 Å². The fourth-order valence-corrected chi connectivity index (χ4v) is 5.40. The number of H-pyrrole nitrogens is 1. The van der Waals surface area contributed by atoms with Crippen LogP contribution in [-0.4, -0.2) is 61.3 Å². The lowest BCUT2D eigenvalue weighted by Gasteiger charge is -2.20. The topological polar surface area (TPSA) is 137 Å². The normalized spacial score (nSPS) is 22.6. The number of carbonyl (C=O) groups excluding carboxylic acids is 3. The van der Waals surface area contributed by atoms with Crippen molar-refractivity contribution < 1.29 is 27.2 Å². The molecule has 1 saturated carbocycles. The average molecular weight is 436 g/mol. The summed E-state index contributed by atoms with van der Waals surface area (Å²) in [6.45, 7) is -0.256. The van der Waals surface area contributed by atoms with Gasteiger partial charge in [-0.05, 0) is 31.0 Å². The first-order valence-electron chi connectivity index (χ1n) is 9.57. The number of benzene rings is 1. The predicted molar refractivity (Wildman–Crippen MR) is 106 cm³/mol. The molecule has 2 heterocycles. The third kappa shape index (κ3) is 4.45. The summed E-state index contributed by atoms with van der Waals surface area (Å²) in [6.07, 6.45) is 1.61. The van der Waals surface area contributed by atoms with Crippen molar-refractivity contribution in [2.45, 2.75) is 24.9 Å². The third-order valence-corrected chi connectivity index (χ3v) is 6.98. The summed E-state index contributed by atoms with van der Waals surface area (Å²) in [5.74, 6) is -2.50. The summed E-state index contributed by atoms with van der Waals surface area (Å²) < 4.78 is 38.0. The van der Waals surface area contributed by atoms with Gasteiger partial charge in [-0.2, -0.15) is 0 Å². The zero-order valence-electron chi connectivity index (χ0n) is 15.9. The van der Waals surface area contributed by atoms with Crippen LogP contribution in [0.25, 0.3) is 10.9 Å². The zero-order chi connectivity index (χ0) is 21.5. The Morgan fingerprint density at radius 2 is 1.80 bits per heavy atom. The first kappa shape index (κ1) is 20.3. The van der Waals surface area contributed by atoms with Gasteiger partial charge in [0.05, 0.1) is 30.1 Å². The summed E-state index contributed by atoms with van der Waals surface area (Å²) >= 11 is 0. The van der Waals surface area contributed by atoms with Gasteiger partial charge in [0.1, 0.15) is 11.5 Å². The lowest BCUT2D eigenvalue weighted by Crippen LogP contribution is -2.52. The summed E-state index contributed by atoms with van der Waals surface area (Å²) in [4.78, 5) is 39.2. The number of fused-ring (bicyclic) bond motifs is 1. The van der Waals surface area contributed by atoms with Crippen molar-refractivity contribution in [3.05, 3.63) is 35.8 Å². The lowest BCUT2D eigenvalue weighted by molar-refractivity contribution is -0.127. The van der Waals surface area contributed by atoms with Crippen LogP contribution in [0.15, 0.2) is 24.3 Å².